The zero-order valence-electron chi connectivity index (χ0n) is 11.8. The predicted molar refractivity (Wildman–Crippen MR) is 97.3 cm³/mol. The number of hydrogen-bond acceptors (Lipinski definition) is 4. The third kappa shape index (κ3) is 3.96. The zero-order chi connectivity index (χ0) is 18.0. The monoisotopic (exact) mass is 450 g/mol. The van der Waals surface area contributed by atoms with Gasteiger partial charge >= 0.3 is 0 Å². The Morgan fingerprint density at radius 2 is 1.42 bits per heavy atom. The molecule has 0 saturated carbocycles. The molecule has 0 bridgehead atoms. The summed E-state index contributed by atoms with van der Waals surface area (Å²) in [6, 6.07) is 2.73. The molecular formula is C14H8Cl6O4. The highest BCUT2D eigenvalue weighted by Crippen LogP contribution is 2.45. The van der Waals surface area contributed by atoms with Gasteiger partial charge in [0.15, 0.2) is 11.5 Å². The third-order valence-electron chi connectivity index (χ3n) is 2.82. The van der Waals surface area contributed by atoms with Gasteiger partial charge in [0.1, 0.15) is 26.6 Å². The van der Waals surface area contributed by atoms with Crippen LogP contribution in [0.15, 0.2) is 12.1 Å². The maximum absolute atomic E-state index is 9.69. The number of hydrogen-bond donors (Lipinski definition) is 1. The van der Waals surface area contributed by atoms with Crippen LogP contribution in [0.25, 0.3) is 0 Å². The van der Waals surface area contributed by atoms with Crippen LogP contribution in [0, 0.1) is 0 Å². The Hall–Kier alpha value is -0.620. The fraction of sp³-hybridized carbons (Fsp3) is 0.143. The van der Waals surface area contributed by atoms with Gasteiger partial charge in [-0.15, -0.1) is 0 Å². The van der Waals surface area contributed by atoms with Crippen molar-refractivity contribution < 1.29 is 19.3 Å². The molecule has 0 atom stereocenters. The lowest BCUT2D eigenvalue weighted by atomic mass is 10.3. The first-order valence-electron chi connectivity index (χ1n) is 6.11. The van der Waals surface area contributed by atoms with Crippen LogP contribution in [0.4, 0.5) is 0 Å². The Morgan fingerprint density at radius 3 is 2.04 bits per heavy atom. The summed E-state index contributed by atoms with van der Waals surface area (Å²) in [6.45, 7) is -0.332. The molecule has 24 heavy (non-hydrogen) atoms. The number of phenolic OH excluding ortho intramolecular Hbond substituents is 1. The molecule has 0 aliphatic carbocycles. The van der Waals surface area contributed by atoms with Crippen LogP contribution < -0.4 is 14.2 Å². The SMILES string of the molecule is COc1cc(OCOc2c(Cl)cc(Cl)c(O)c2Cl)c(Cl)c(Cl)c1Cl. The predicted octanol–water partition coefficient (Wildman–Crippen LogP) is 6.74. The van der Waals surface area contributed by atoms with Crippen LogP contribution in [-0.2, 0) is 0 Å². The van der Waals surface area contributed by atoms with E-state index in [-0.39, 0.29) is 59.9 Å². The van der Waals surface area contributed by atoms with Gasteiger partial charge in [0.05, 0.1) is 22.2 Å². The van der Waals surface area contributed by atoms with Crippen molar-refractivity contribution in [3.05, 3.63) is 42.3 Å². The van der Waals surface area contributed by atoms with Gasteiger partial charge < -0.3 is 19.3 Å². The van der Waals surface area contributed by atoms with Crippen molar-refractivity contribution in [3.8, 4) is 23.0 Å². The second-order valence-corrected chi connectivity index (χ2v) is 6.58. The minimum Gasteiger partial charge on any atom is -0.505 e. The van der Waals surface area contributed by atoms with Crippen LogP contribution in [0.1, 0.15) is 0 Å². The second kappa shape index (κ2) is 8.17. The molecule has 2 aromatic carbocycles. The van der Waals surface area contributed by atoms with Crippen LogP contribution in [0.3, 0.4) is 0 Å². The summed E-state index contributed by atoms with van der Waals surface area (Å²) in [4.78, 5) is 0. The van der Waals surface area contributed by atoms with Gasteiger partial charge in [0, 0.05) is 6.07 Å². The maximum Gasteiger partial charge on any atom is 0.231 e. The molecule has 0 aromatic heterocycles. The lowest BCUT2D eigenvalue weighted by Crippen LogP contribution is -2.07. The lowest BCUT2D eigenvalue weighted by molar-refractivity contribution is 0.119. The van der Waals surface area contributed by atoms with Crippen molar-refractivity contribution in [1.29, 1.82) is 0 Å². The first kappa shape index (κ1) is 19.7. The van der Waals surface area contributed by atoms with E-state index in [0.29, 0.717) is 0 Å². The molecule has 0 aliphatic heterocycles. The lowest BCUT2D eigenvalue weighted by Gasteiger charge is -2.15. The summed E-state index contributed by atoms with van der Waals surface area (Å²) in [7, 11) is 1.42. The van der Waals surface area contributed by atoms with E-state index >= 15 is 0 Å². The minimum absolute atomic E-state index is 0.00313. The van der Waals surface area contributed by atoms with Gasteiger partial charge in [-0.3, -0.25) is 0 Å². The molecule has 4 nitrogen and oxygen atoms in total. The number of benzene rings is 2. The van der Waals surface area contributed by atoms with E-state index in [1.54, 1.807) is 0 Å². The van der Waals surface area contributed by atoms with Gasteiger partial charge in [-0.25, -0.2) is 0 Å². The fourth-order valence-electron chi connectivity index (χ4n) is 1.66. The Bertz CT molecular complexity index is 781. The van der Waals surface area contributed by atoms with E-state index < -0.39 is 0 Å². The first-order chi connectivity index (χ1) is 11.3. The topological polar surface area (TPSA) is 47.9 Å². The van der Waals surface area contributed by atoms with Crippen LogP contribution in [0.2, 0.25) is 30.1 Å². The summed E-state index contributed by atoms with van der Waals surface area (Å²) in [5.74, 6) is 0.102. The number of aromatic hydroxyl groups is 1. The molecule has 0 amide bonds. The molecule has 130 valence electrons. The number of phenols is 1. The number of rotatable bonds is 5. The summed E-state index contributed by atoms with van der Waals surface area (Å²) in [5, 5.41) is 9.97. The average Bonchev–Trinajstić information content (AvgIpc) is 2.55. The molecule has 0 spiro atoms. The number of halogens is 6. The summed E-state index contributed by atoms with van der Waals surface area (Å²) < 4.78 is 15.8. The number of ether oxygens (including phenoxy) is 3. The quantitative estimate of drug-likeness (QED) is 0.403. The normalized spacial score (nSPS) is 10.6. The Morgan fingerprint density at radius 1 is 0.792 bits per heavy atom. The molecule has 0 unspecified atom stereocenters. The third-order valence-corrected chi connectivity index (χ3v) is 5.06. The summed E-state index contributed by atoms with van der Waals surface area (Å²) in [5.41, 5.74) is 0. The van der Waals surface area contributed by atoms with Crippen molar-refractivity contribution in [1.82, 2.24) is 0 Å². The van der Waals surface area contributed by atoms with Crippen molar-refractivity contribution in [2.45, 2.75) is 0 Å². The van der Waals surface area contributed by atoms with E-state index in [1.807, 2.05) is 0 Å². The highest BCUT2D eigenvalue weighted by atomic mass is 35.5. The van der Waals surface area contributed by atoms with Crippen molar-refractivity contribution in [2.24, 2.45) is 0 Å². The van der Waals surface area contributed by atoms with Crippen molar-refractivity contribution >= 4 is 69.6 Å². The van der Waals surface area contributed by atoms with Gasteiger partial charge in [0.25, 0.3) is 0 Å². The highest BCUT2D eigenvalue weighted by molar-refractivity contribution is 6.49. The Balaban J connectivity index is 2.19. The largest absolute Gasteiger partial charge is 0.505 e. The average molecular weight is 453 g/mol. The molecule has 2 rings (SSSR count). The van der Waals surface area contributed by atoms with Crippen molar-refractivity contribution in [3.63, 3.8) is 0 Å². The molecule has 10 heteroatoms. The zero-order valence-corrected chi connectivity index (χ0v) is 16.3. The van der Waals surface area contributed by atoms with Gasteiger partial charge in [0.2, 0.25) is 6.79 Å². The summed E-state index contributed by atoms with van der Waals surface area (Å²) in [6.07, 6.45) is 0. The Kier molecular flexibility index (Phi) is 6.71. The smallest absolute Gasteiger partial charge is 0.231 e. The maximum atomic E-state index is 9.69. The molecule has 0 radical (unpaired) electrons. The standard InChI is InChI=1S/C14H8Cl6O4/c1-22-7-3-8(10(18)11(19)9(7)17)23-4-24-14-6(16)2-5(15)13(21)12(14)20/h2-3,21H,4H2,1H3. The fourth-order valence-corrected chi connectivity index (χ4v) is 3.20. The van der Waals surface area contributed by atoms with Crippen LogP contribution in [0.5, 0.6) is 23.0 Å². The van der Waals surface area contributed by atoms with E-state index in [4.69, 9.17) is 83.8 Å². The summed E-state index contributed by atoms with van der Waals surface area (Å²) >= 11 is 35.7. The van der Waals surface area contributed by atoms with Crippen molar-refractivity contribution in [2.75, 3.05) is 13.9 Å². The second-order valence-electron chi connectivity index (χ2n) is 4.26. The van der Waals surface area contributed by atoms with Gasteiger partial charge in [-0.1, -0.05) is 69.6 Å². The van der Waals surface area contributed by atoms with E-state index in [0.717, 1.165) is 0 Å². The van der Waals surface area contributed by atoms with E-state index in [2.05, 4.69) is 0 Å². The van der Waals surface area contributed by atoms with Gasteiger partial charge in [-0.05, 0) is 6.07 Å². The van der Waals surface area contributed by atoms with E-state index in [9.17, 15) is 5.11 Å². The highest BCUT2D eigenvalue weighted by Gasteiger charge is 2.18. The van der Waals surface area contributed by atoms with Crippen LogP contribution in [-0.4, -0.2) is 19.0 Å². The van der Waals surface area contributed by atoms with Gasteiger partial charge in [-0.2, -0.15) is 0 Å². The molecule has 0 heterocycles. The Labute approximate surface area is 167 Å². The number of methoxy groups -OCH3 is 1. The molecule has 1 N–H and O–H groups in total. The molecule has 0 saturated heterocycles. The minimum atomic E-state index is -0.355. The molecule has 0 fully saturated rings. The van der Waals surface area contributed by atoms with Crippen LogP contribution >= 0.6 is 69.6 Å². The molecule has 2 aromatic rings. The van der Waals surface area contributed by atoms with E-state index in [1.165, 1.54) is 19.2 Å². The first-order valence-corrected chi connectivity index (χ1v) is 8.38. The molecule has 0 aliphatic rings. The molecular weight excluding hydrogens is 445 g/mol.